The van der Waals surface area contributed by atoms with E-state index < -0.39 is 0 Å². The van der Waals surface area contributed by atoms with Crippen LogP contribution < -0.4 is 5.73 Å². The molecule has 1 saturated heterocycles. The van der Waals surface area contributed by atoms with Crippen LogP contribution in [0.5, 0.6) is 0 Å². The van der Waals surface area contributed by atoms with E-state index in [0.717, 1.165) is 6.04 Å². The molecule has 2 rings (SSSR count). The van der Waals surface area contributed by atoms with Crippen LogP contribution in [0.4, 0.5) is 0 Å². The fraction of sp³-hybridized carbons (Fsp3) is 1.00. The second kappa shape index (κ2) is 4.19. The summed E-state index contributed by atoms with van der Waals surface area (Å²) < 4.78 is 0. The molecule has 2 nitrogen and oxygen atoms in total. The molecule has 1 aliphatic carbocycles. The van der Waals surface area contributed by atoms with E-state index in [2.05, 4.69) is 11.8 Å². The van der Waals surface area contributed by atoms with Gasteiger partial charge in [0.1, 0.15) is 0 Å². The minimum Gasteiger partial charge on any atom is -0.325 e. The van der Waals surface area contributed by atoms with E-state index in [4.69, 9.17) is 5.73 Å². The summed E-state index contributed by atoms with van der Waals surface area (Å²) >= 11 is 0. The number of hydrogen-bond acceptors (Lipinski definition) is 2. The van der Waals surface area contributed by atoms with E-state index in [0.29, 0.717) is 0 Å². The van der Waals surface area contributed by atoms with Crippen LogP contribution in [0.25, 0.3) is 0 Å². The van der Waals surface area contributed by atoms with Crippen molar-refractivity contribution in [2.24, 2.45) is 5.73 Å². The maximum absolute atomic E-state index is 6.12. The highest BCUT2D eigenvalue weighted by Crippen LogP contribution is 2.36. The lowest BCUT2D eigenvalue weighted by Gasteiger charge is -2.27. The third-order valence-corrected chi connectivity index (χ3v) is 3.98. The summed E-state index contributed by atoms with van der Waals surface area (Å²) in [6.45, 7) is 4.91. The largest absolute Gasteiger partial charge is 0.325 e. The summed E-state index contributed by atoms with van der Waals surface area (Å²) in [7, 11) is 0. The van der Waals surface area contributed by atoms with Gasteiger partial charge in [-0.25, -0.2) is 0 Å². The Bertz CT molecular complexity index is 187. The van der Waals surface area contributed by atoms with E-state index in [-0.39, 0.29) is 5.54 Å². The Balaban J connectivity index is 1.76. The smallest absolute Gasteiger partial charge is 0.0167 e. The number of hydrogen-bond donors (Lipinski definition) is 1. The van der Waals surface area contributed by atoms with Gasteiger partial charge >= 0.3 is 0 Å². The Morgan fingerprint density at radius 2 is 2.07 bits per heavy atom. The van der Waals surface area contributed by atoms with Gasteiger partial charge in [-0.1, -0.05) is 12.8 Å². The Labute approximate surface area is 87.8 Å². The molecule has 0 bridgehead atoms. The normalized spacial score (nSPS) is 32.6. The van der Waals surface area contributed by atoms with E-state index in [9.17, 15) is 0 Å². The lowest BCUT2D eigenvalue weighted by molar-refractivity contribution is 0.204. The van der Waals surface area contributed by atoms with Crippen LogP contribution in [0.2, 0.25) is 0 Å². The summed E-state index contributed by atoms with van der Waals surface area (Å²) in [5, 5.41) is 0. The summed E-state index contributed by atoms with van der Waals surface area (Å²) in [6.07, 6.45) is 9.36. The average molecular weight is 196 g/mol. The molecule has 1 atom stereocenters. The molecule has 1 unspecified atom stereocenters. The Morgan fingerprint density at radius 1 is 1.29 bits per heavy atom. The fourth-order valence-corrected chi connectivity index (χ4v) is 2.44. The Morgan fingerprint density at radius 3 is 2.79 bits per heavy atom. The van der Waals surface area contributed by atoms with Crippen LogP contribution in [-0.4, -0.2) is 29.6 Å². The number of likely N-dealkylation sites (tertiary alicyclic amines) is 1. The van der Waals surface area contributed by atoms with Gasteiger partial charge in [-0.05, 0) is 45.6 Å². The standard InChI is InChI=1S/C12H24N2/c1-11-5-3-2-4-9-14(11)10-8-12(13)6-7-12/h11H,2-10,13H2,1H3. The topological polar surface area (TPSA) is 29.3 Å². The highest BCUT2D eigenvalue weighted by atomic mass is 15.2. The molecule has 1 saturated carbocycles. The van der Waals surface area contributed by atoms with Crippen molar-refractivity contribution in [1.29, 1.82) is 0 Å². The number of nitrogens with two attached hydrogens (primary N) is 1. The molecule has 0 aromatic heterocycles. The fourth-order valence-electron chi connectivity index (χ4n) is 2.44. The van der Waals surface area contributed by atoms with Crippen molar-refractivity contribution in [3.63, 3.8) is 0 Å². The second-order valence-electron chi connectivity index (χ2n) is 5.35. The van der Waals surface area contributed by atoms with Gasteiger partial charge in [0, 0.05) is 18.1 Å². The van der Waals surface area contributed by atoms with Crippen molar-refractivity contribution >= 4 is 0 Å². The first kappa shape index (κ1) is 10.4. The minimum atomic E-state index is 0.242. The third kappa shape index (κ3) is 2.71. The van der Waals surface area contributed by atoms with Crippen LogP contribution in [-0.2, 0) is 0 Å². The van der Waals surface area contributed by atoms with Gasteiger partial charge in [-0.2, -0.15) is 0 Å². The number of rotatable bonds is 3. The third-order valence-electron chi connectivity index (χ3n) is 3.98. The lowest BCUT2D eigenvalue weighted by atomic mass is 10.1. The molecule has 1 aliphatic heterocycles. The van der Waals surface area contributed by atoms with Crippen molar-refractivity contribution in [1.82, 2.24) is 4.90 Å². The molecule has 2 fully saturated rings. The molecular formula is C12H24N2. The van der Waals surface area contributed by atoms with Crippen molar-refractivity contribution in [3.05, 3.63) is 0 Å². The first-order valence-electron chi connectivity index (χ1n) is 6.23. The van der Waals surface area contributed by atoms with Crippen molar-refractivity contribution in [2.75, 3.05) is 13.1 Å². The van der Waals surface area contributed by atoms with E-state index in [1.54, 1.807) is 0 Å². The highest BCUT2D eigenvalue weighted by molar-refractivity contribution is 4.99. The molecule has 2 N–H and O–H groups in total. The van der Waals surface area contributed by atoms with E-state index in [1.807, 2.05) is 0 Å². The van der Waals surface area contributed by atoms with Gasteiger partial charge < -0.3 is 10.6 Å². The van der Waals surface area contributed by atoms with Crippen molar-refractivity contribution in [3.8, 4) is 0 Å². The van der Waals surface area contributed by atoms with Gasteiger partial charge in [0.2, 0.25) is 0 Å². The SMILES string of the molecule is CC1CCCCCN1CCC1(N)CC1. The Kier molecular flexibility index (Phi) is 3.13. The molecule has 2 heteroatoms. The van der Waals surface area contributed by atoms with E-state index in [1.165, 1.54) is 58.0 Å². The molecule has 0 radical (unpaired) electrons. The zero-order valence-corrected chi connectivity index (χ0v) is 9.47. The van der Waals surface area contributed by atoms with Gasteiger partial charge in [-0.3, -0.25) is 0 Å². The zero-order chi connectivity index (χ0) is 10.0. The molecule has 82 valence electrons. The highest BCUT2D eigenvalue weighted by Gasteiger charge is 2.38. The molecule has 0 amide bonds. The quantitative estimate of drug-likeness (QED) is 0.749. The molecule has 0 spiro atoms. The van der Waals surface area contributed by atoms with Crippen molar-refractivity contribution < 1.29 is 0 Å². The van der Waals surface area contributed by atoms with Gasteiger partial charge in [0.05, 0.1) is 0 Å². The molecule has 14 heavy (non-hydrogen) atoms. The summed E-state index contributed by atoms with van der Waals surface area (Å²) in [4.78, 5) is 2.65. The number of nitrogens with zero attached hydrogens (tertiary/aromatic N) is 1. The lowest BCUT2D eigenvalue weighted by Crippen LogP contribution is -2.37. The van der Waals surface area contributed by atoms with Gasteiger partial charge in [0.25, 0.3) is 0 Å². The summed E-state index contributed by atoms with van der Waals surface area (Å²) in [5.41, 5.74) is 6.36. The van der Waals surface area contributed by atoms with Crippen LogP contribution in [0, 0.1) is 0 Å². The predicted octanol–water partition coefficient (Wildman–Crippen LogP) is 2.13. The van der Waals surface area contributed by atoms with Crippen LogP contribution in [0.3, 0.4) is 0 Å². The maximum atomic E-state index is 6.12. The second-order valence-corrected chi connectivity index (χ2v) is 5.35. The van der Waals surface area contributed by atoms with Crippen LogP contribution >= 0.6 is 0 Å². The van der Waals surface area contributed by atoms with Crippen LogP contribution in [0.15, 0.2) is 0 Å². The molecule has 0 aromatic rings. The monoisotopic (exact) mass is 196 g/mol. The molecule has 2 aliphatic rings. The summed E-state index contributed by atoms with van der Waals surface area (Å²) in [6, 6.07) is 0.792. The first-order valence-corrected chi connectivity index (χ1v) is 6.23. The molecule has 0 aromatic carbocycles. The van der Waals surface area contributed by atoms with Gasteiger partial charge in [0.15, 0.2) is 0 Å². The molecule has 1 heterocycles. The predicted molar refractivity (Wildman–Crippen MR) is 60.3 cm³/mol. The first-order chi connectivity index (χ1) is 6.70. The van der Waals surface area contributed by atoms with Crippen molar-refractivity contribution in [2.45, 2.75) is 63.5 Å². The maximum Gasteiger partial charge on any atom is 0.0167 e. The summed E-state index contributed by atoms with van der Waals surface area (Å²) in [5.74, 6) is 0. The van der Waals surface area contributed by atoms with Crippen LogP contribution in [0.1, 0.15) is 51.9 Å². The average Bonchev–Trinajstić information content (AvgIpc) is 2.90. The minimum absolute atomic E-state index is 0.242. The van der Waals surface area contributed by atoms with Gasteiger partial charge in [-0.15, -0.1) is 0 Å². The molecular weight excluding hydrogens is 172 g/mol. The van der Waals surface area contributed by atoms with E-state index >= 15 is 0 Å². The Hall–Kier alpha value is -0.0800. The zero-order valence-electron chi connectivity index (χ0n) is 9.47.